The number of hydrogen-bond donors (Lipinski definition) is 1. The van der Waals surface area contributed by atoms with E-state index in [-0.39, 0.29) is 12.5 Å². The summed E-state index contributed by atoms with van der Waals surface area (Å²) in [5.41, 5.74) is 0.881. The van der Waals surface area contributed by atoms with Gasteiger partial charge in [0, 0.05) is 0 Å². The van der Waals surface area contributed by atoms with Crippen LogP contribution in [0.15, 0.2) is 30.3 Å². The first kappa shape index (κ1) is 12.0. The monoisotopic (exact) mass is 276 g/mol. The normalized spacial score (nSPS) is 17.0. The topological polar surface area (TPSA) is 60.5 Å². The predicted octanol–water partition coefficient (Wildman–Crippen LogP) is 2.23. The van der Waals surface area contributed by atoms with Gasteiger partial charge in [0.05, 0.1) is 5.69 Å². The fraction of sp³-hybridized carbons (Fsp3) is 0.231. The number of nitrogens with zero attached hydrogens (tertiary/aromatic N) is 1. The van der Waals surface area contributed by atoms with E-state index in [0.29, 0.717) is 16.5 Å². The van der Waals surface area contributed by atoms with E-state index in [1.165, 1.54) is 11.5 Å². The van der Waals surface area contributed by atoms with Gasteiger partial charge in [0.1, 0.15) is 11.6 Å². The van der Waals surface area contributed by atoms with Crippen LogP contribution in [0.4, 0.5) is 5.00 Å². The van der Waals surface area contributed by atoms with Crippen LogP contribution in [-0.4, -0.2) is 23.0 Å². The highest BCUT2D eigenvalue weighted by atomic mass is 32.1. The molecule has 1 aromatic carbocycles. The van der Waals surface area contributed by atoms with Gasteiger partial charge < -0.3 is 14.8 Å². The third-order valence-electron chi connectivity index (χ3n) is 2.68. The molecule has 0 aliphatic carbocycles. The fourth-order valence-corrected chi connectivity index (χ4v) is 2.44. The number of carbonyl (C=O) groups is 1. The minimum absolute atomic E-state index is 0.209. The van der Waals surface area contributed by atoms with E-state index < -0.39 is 6.10 Å². The Kier molecular flexibility index (Phi) is 3.08. The van der Waals surface area contributed by atoms with E-state index in [0.717, 1.165) is 5.69 Å². The van der Waals surface area contributed by atoms with Gasteiger partial charge in [0.25, 0.3) is 5.91 Å². The first-order chi connectivity index (χ1) is 9.22. The van der Waals surface area contributed by atoms with Gasteiger partial charge in [-0.15, -0.1) is 0 Å². The summed E-state index contributed by atoms with van der Waals surface area (Å²) in [5, 5.41) is 3.49. The Hall–Kier alpha value is -2.08. The van der Waals surface area contributed by atoms with E-state index >= 15 is 0 Å². The summed E-state index contributed by atoms with van der Waals surface area (Å²) in [6.45, 7) is 2.09. The summed E-state index contributed by atoms with van der Waals surface area (Å²) in [5.74, 6) is 1.03. The van der Waals surface area contributed by atoms with E-state index in [2.05, 4.69) is 9.69 Å². The third-order valence-corrected chi connectivity index (χ3v) is 3.47. The Morgan fingerprint density at radius 2 is 2.21 bits per heavy atom. The molecule has 1 aromatic heterocycles. The first-order valence-electron chi connectivity index (χ1n) is 5.85. The lowest BCUT2D eigenvalue weighted by Gasteiger charge is -2.25. The van der Waals surface area contributed by atoms with Crippen molar-refractivity contribution in [2.45, 2.75) is 13.0 Å². The molecule has 0 radical (unpaired) electrons. The number of para-hydroxylation sites is 2. The number of hydrogen-bond acceptors (Lipinski definition) is 5. The molecule has 1 aliphatic rings. The SMILES string of the molecule is Cc1cc(NC(=O)[C@@H]2COc3ccccc3O2)sn1. The largest absolute Gasteiger partial charge is 0.485 e. The van der Waals surface area contributed by atoms with Crippen LogP contribution in [0.3, 0.4) is 0 Å². The molecule has 1 aliphatic heterocycles. The molecule has 0 fully saturated rings. The van der Waals surface area contributed by atoms with Crippen molar-refractivity contribution in [3.8, 4) is 11.5 Å². The summed E-state index contributed by atoms with van der Waals surface area (Å²) in [7, 11) is 0. The highest BCUT2D eigenvalue weighted by molar-refractivity contribution is 7.10. The average Bonchev–Trinajstić information content (AvgIpc) is 2.83. The van der Waals surface area contributed by atoms with Crippen LogP contribution in [0.1, 0.15) is 5.69 Å². The molecule has 0 spiro atoms. The second-order valence-electron chi connectivity index (χ2n) is 4.19. The van der Waals surface area contributed by atoms with Gasteiger partial charge in [-0.05, 0) is 36.7 Å². The lowest BCUT2D eigenvalue weighted by Crippen LogP contribution is -2.40. The number of fused-ring (bicyclic) bond motifs is 1. The highest BCUT2D eigenvalue weighted by Gasteiger charge is 2.27. The van der Waals surface area contributed by atoms with Crippen LogP contribution in [0.2, 0.25) is 0 Å². The molecule has 19 heavy (non-hydrogen) atoms. The Balaban J connectivity index is 1.69. The summed E-state index contributed by atoms with van der Waals surface area (Å²) in [6.07, 6.45) is -0.641. The predicted molar refractivity (Wildman–Crippen MR) is 71.8 cm³/mol. The molecule has 0 saturated heterocycles. The fourth-order valence-electron chi connectivity index (χ4n) is 1.77. The Bertz CT molecular complexity index is 611. The Morgan fingerprint density at radius 3 is 2.95 bits per heavy atom. The quantitative estimate of drug-likeness (QED) is 0.913. The van der Waals surface area contributed by atoms with Gasteiger partial charge in [-0.1, -0.05) is 12.1 Å². The van der Waals surface area contributed by atoms with E-state index in [9.17, 15) is 4.79 Å². The van der Waals surface area contributed by atoms with Gasteiger partial charge in [-0.3, -0.25) is 4.79 Å². The first-order valence-corrected chi connectivity index (χ1v) is 6.62. The van der Waals surface area contributed by atoms with Gasteiger partial charge in [0.2, 0.25) is 6.10 Å². The minimum Gasteiger partial charge on any atom is -0.485 e. The summed E-state index contributed by atoms with van der Waals surface area (Å²) < 4.78 is 15.2. The maximum atomic E-state index is 12.0. The molecule has 1 N–H and O–H groups in total. The summed E-state index contributed by atoms with van der Waals surface area (Å²) in [6, 6.07) is 9.12. The zero-order valence-corrected chi connectivity index (χ0v) is 11.1. The Morgan fingerprint density at radius 1 is 1.42 bits per heavy atom. The smallest absolute Gasteiger partial charge is 0.269 e. The standard InChI is InChI=1S/C13H12N2O3S/c1-8-6-12(19-15-8)14-13(16)11-7-17-9-4-2-3-5-10(9)18-11/h2-6,11H,7H2,1H3,(H,14,16)/t11-/m0/s1. The zero-order chi connectivity index (χ0) is 13.2. The molecule has 1 atom stereocenters. The molecular weight excluding hydrogens is 264 g/mol. The highest BCUT2D eigenvalue weighted by Crippen LogP contribution is 2.31. The number of carbonyl (C=O) groups excluding carboxylic acids is 1. The second-order valence-corrected chi connectivity index (χ2v) is 4.99. The number of anilines is 1. The van der Waals surface area contributed by atoms with Crippen LogP contribution < -0.4 is 14.8 Å². The summed E-state index contributed by atoms with van der Waals surface area (Å²) >= 11 is 1.25. The second kappa shape index (κ2) is 4.89. The van der Waals surface area contributed by atoms with Crippen LogP contribution in [-0.2, 0) is 4.79 Å². The van der Waals surface area contributed by atoms with Crippen molar-refractivity contribution in [3.63, 3.8) is 0 Å². The molecule has 98 valence electrons. The van der Waals surface area contributed by atoms with Crippen molar-refractivity contribution < 1.29 is 14.3 Å². The summed E-state index contributed by atoms with van der Waals surface area (Å²) in [4.78, 5) is 12.0. The lowest BCUT2D eigenvalue weighted by molar-refractivity contribution is -0.125. The number of benzene rings is 1. The molecule has 5 nitrogen and oxygen atoms in total. The number of nitrogens with one attached hydrogen (secondary N) is 1. The molecule has 3 rings (SSSR count). The van der Waals surface area contributed by atoms with E-state index in [1.807, 2.05) is 31.2 Å². The molecule has 0 unspecified atom stereocenters. The maximum Gasteiger partial charge on any atom is 0.269 e. The van der Waals surface area contributed by atoms with Crippen LogP contribution >= 0.6 is 11.5 Å². The Labute approximate surface area is 114 Å². The van der Waals surface area contributed by atoms with Crippen molar-refractivity contribution in [2.24, 2.45) is 0 Å². The van der Waals surface area contributed by atoms with Gasteiger partial charge in [-0.25, -0.2) is 0 Å². The molecule has 6 heteroatoms. The maximum absolute atomic E-state index is 12.0. The molecule has 1 amide bonds. The number of ether oxygens (including phenoxy) is 2. The lowest BCUT2D eigenvalue weighted by atomic mass is 10.2. The molecule has 2 aromatic rings. The molecular formula is C13H12N2O3S. The number of aryl methyl sites for hydroxylation is 1. The zero-order valence-electron chi connectivity index (χ0n) is 10.3. The van der Waals surface area contributed by atoms with Crippen LogP contribution in [0.25, 0.3) is 0 Å². The van der Waals surface area contributed by atoms with E-state index in [1.54, 1.807) is 6.07 Å². The molecule has 0 saturated carbocycles. The molecule has 0 bridgehead atoms. The molecule has 2 heterocycles. The van der Waals surface area contributed by atoms with Gasteiger partial charge in [0.15, 0.2) is 11.5 Å². The van der Waals surface area contributed by atoms with Gasteiger partial charge in [-0.2, -0.15) is 4.37 Å². The van der Waals surface area contributed by atoms with E-state index in [4.69, 9.17) is 9.47 Å². The van der Waals surface area contributed by atoms with Crippen molar-refractivity contribution in [1.82, 2.24) is 4.37 Å². The van der Waals surface area contributed by atoms with Gasteiger partial charge >= 0.3 is 0 Å². The number of aromatic nitrogens is 1. The van der Waals surface area contributed by atoms with Crippen molar-refractivity contribution in [3.05, 3.63) is 36.0 Å². The van der Waals surface area contributed by atoms with Crippen molar-refractivity contribution in [2.75, 3.05) is 11.9 Å². The minimum atomic E-state index is -0.641. The third kappa shape index (κ3) is 2.53. The van der Waals surface area contributed by atoms with Crippen molar-refractivity contribution >= 4 is 22.4 Å². The average molecular weight is 276 g/mol. The van der Waals surface area contributed by atoms with Crippen LogP contribution in [0, 0.1) is 6.92 Å². The van der Waals surface area contributed by atoms with Crippen molar-refractivity contribution in [1.29, 1.82) is 0 Å². The van der Waals surface area contributed by atoms with Crippen LogP contribution in [0.5, 0.6) is 11.5 Å². The number of rotatable bonds is 2. The number of amides is 1.